The normalized spacial score (nSPS) is 17.6. The molecule has 0 aliphatic carbocycles. The number of hydrogen-bond acceptors (Lipinski definition) is 4. The predicted molar refractivity (Wildman–Crippen MR) is 98.0 cm³/mol. The van der Waals surface area contributed by atoms with Gasteiger partial charge in [-0.15, -0.1) is 0 Å². The second-order valence-electron chi connectivity index (χ2n) is 6.34. The Bertz CT molecular complexity index is 743. The summed E-state index contributed by atoms with van der Waals surface area (Å²) >= 11 is 0. The van der Waals surface area contributed by atoms with Crippen LogP contribution < -0.4 is 15.0 Å². The first-order chi connectivity index (χ1) is 12.1. The van der Waals surface area contributed by atoms with Gasteiger partial charge in [0.05, 0.1) is 19.2 Å². The zero-order valence-electron chi connectivity index (χ0n) is 14.7. The van der Waals surface area contributed by atoms with Gasteiger partial charge in [-0.1, -0.05) is 29.8 Å². The lowest BCUT2D eigenvalue weighted by molar-refractivity contribution is -0.119. The van der Waals surface area contributed by atoms with Gasteiger partial charge in [0.1, 0.15) is 12.4 Å². The summed E-state index contributed by atoms with van der Waals surface area (Å²) in [5.41, 5.74) is 4.19. The third-order valence-electron chi connectivity index (χ3n) is 4.44. The lowest BCUT2D eigenvalue weighted by atomic mass is 10.00. The van der Waals surface area contributed by atoms with Crippen molar-refractivity contribution in [3.8, 4) is 5.75 Å². The Morgan fingerprint density at radius 1 is 1.20 bits per heavy atom. The molecule has 1 atom stereocenters. The molecule has 0 bridgehead atoms. The van der Waals surface area contributed by atoms with E-state index in [0.717, 1.165) is 23.4 Å². The van der Waals surface area contributed by atoms with Gasteiger partial charge in [-0.05, 0) is 43.2 Å². The molecule has 0 spiro atoms. The molecule has 1 aliphatic heterocycles. The van der Waals surface area contributed by atoms with Gasteiger partial charge < -0.3 is 20.1 Å². The fourth-order valence-corrected chi connectivity index (χ4v) is 3.18. The Morgan fingerprint density at radius 2 is 1.96 bits per heavy atom. The molecular weight excluding hydrogens is 316 g/mol. The molecule has 2 aromatic carbocycles. The minimum absolute atomic E-state index is 0.0213. The molecule has 2 N–H and O–H groups in total. The number of anilines is 1. The number of nitrogens with one attached hydrogen (secondary N) is 1. The van der Waals surface area contributed by atoms with E-state index in [0.29, 0.717) is 12.3 Å². The molecule has 1 saturated heterocycles. The molecule has 5 heteroatoms. The second kappa shape index (κ2) is 7.68. The minimum Gasteiger partial charge on any atom is -0.491 e. The van der Waals surface area contributed by atoms with E-state index < -0.39 is 0 Å². The fourth-order valence-electron chi connectivity index (χ4n) is 3.18. The number of aryl methyl sites for hydroxylation is 2. The highest BCUT2D eigenvalue weighted by atomic mass is 16.5. The first-order valence-electron chi connectivity index (χ1n) is 8.54. The summed E-state index contributed by atoms with van der Waals surface area (Å²) in [6.07, 6.45) is 0. The van der Waals surface area contributed by atoms with E-state index in [-0.39, 0.29) is 25.2 Å². The zero-order chi connectivity index (χ0) is 17.8. The van der Waals surface area contributed by atoms with Crippen molar-refractivity contribution < 1.29 is 14.6 Å². The van der Waals surface area contributed by atoms with E-state index >= 15 is 0 Å². The molecule has 0 aromatic heterocycles. The van der Waals surface area contributed by atoms with Crippen LogP contribution in [-0.4, -0.2) is 37.3 Å². The number of aliphatic hydroxyl groups is 1. The summed E-state index contributed by atoms with van der Waals surface area (Å²) in [6.45, 7) is 5.33. The van der Waals surface area contributed by atoms with Crippen LogP contribution >= 0.6 is 0 Å². The van der Waals surface area contributed by atoms with Crippen molar-refractivity contribution in [2.24, 2.45) is 0 Å². The number of benzene rings is 2. The van der Waals surface area contributed by atoms with E-state index in [9.17, 15) is 4.79 Å². The van der Waals surface area contributed by atoms with Crippen LogP contribution in [0.1, 0.15) is 22.7 Å². The number of carbonyl (C=O) groups excluding carboxylic acids is 1. The van der Waals surface area contributed by atoms with Crippen LogP contribution in [0.25, 0.3) is 0 Å². The third kappa shape index (κ3) is 3.83. The number of amides is 1. The van der Waals surface area contributed by atoms with Crippen molar-refractivity contribution in [1.82, 2.24) is 5.32 Å². The van der Waals surface area contributed by atoms with E-state index in [2.05, 4.69) is 36.5 Å². The van der Waals surface area contributed by atoms with Crippen LogP contribution in [-0.2, 0) is 4.79 Å². The number of nitrogens with zero attached hydrogens (tertiary/aromatic N) is 1. The van der Waals surface area contributed by atoms with E-state index in [4.69, 9.17) is 9.84 Å². The maximum atomic E-state index is 12.7. The van der Waals surface area contributed by atoms with E-state index in [1.165, 1.54) is 5.56 Å². The molecule has 2 aromatic rings. The van der Waals surface area contributed by atoms with Gasteiger partial charge in [-0.2, -0.15) is 0 Å². The number of ether oxygens (including phenoxy) is 1. The van der Waals surface area contributed by atoms with Gasteiger partial charge in [0.25, 0.3) is 0 Å². The smallest absolute Gasteiger partial charge is 0.241 e. The molecule has 0 unspecified atom stereocenters. The minimum atomic E-state index is -0.0373. The molecular formula is C20H24N2O3. The Labute approximate surface area is 148 Å². The Morgan fingerprint density at radius 3 is 2.64 bits per heavy atom. The summed E-state index contributed by atoms with van der Waals surface area (Å²) in [4.78, 5) is 14.5. The topological polar surface area (TPSA) is 61.8 Å². The summed E-state index contributed by atoms with van der Waals surface area (Å²) in [5.74, 6) is 0.758. The molecule has 132 valence electrons. The standard InChI is InChI=1S/C20H24N2O3/c1-14-3-5-16(6-4-14)19-12-21-13-20(24)22(19)18-8-7-17(11-15(18)2)25-10-9-23/h3-8,11,19,21,23H,9-10,12-13H2,1-2H3/t19-/m0/s1. The summed E-state index contributed by atoms with van der Waals surface area (Å²) in [7, 11) is 0. The van der Waals surface area contributed by atoms with Crippen LogP contribution in [0, 0.1) is 13.8 Å². The molecule has 1 fully saturated rings. The first kappa shape index (κ1) is 17.5. The number of carbonyl (C=O) groups is 1. The SMILES string of the molecule is Cc1ccc([C@@H]2CNCC(=O)N2c2ccc(OCCO)cc2C)cc1. The highest BCUT2D eigenvalue weighted by Crippen LogP contribution is 2.33. The quantitative estimate of drug-likeness (QED) is 0.877. The van der Waals surface area contributed by atoms with E-state index in [1.807, 2.05) is 30.0 Å². The second-order valence-corrected chi connectivity index (χ2v) is 6.34. The summed E-state index contributed by atoms with van der Waals surface area (Å²) in [6, 6.07) is 14.0. The maximum absolute atomic E-state index is 12.7. The van der Waals surface area contributed by atoms with Crippen molar-refractivity contribution in [2.45, 2.75) is 19.9 Å². The lowest BCUT2D eigenvalue weighted by Crippen LogP contribution is -2.50. The predicted octanol–water partition coefficient (Wildman–Crippen LogP) is 2.35. The molecule has 0 saturated carbocycles. The Kier molecular flexibility index (Phi) is 5.36. The fraction of sp³-hybridized carbons (Fsp3) is 0.350. The number of hydrogen-bond donors (Lipinski definition) is 2. The van der Waals surface area contributed by atoms with Crippen LogP contribution in [0.2, 0.25) is 0 Å². The summed E-state index contributed by atoms with van der Waals surface area (Å²) < 4.78 is 5.46. The molecule has 3 rings (SSSR count). The van der Waals surface area contributed by atoms with Crippen LogP contribution in [0.15, 0.2) is 42.5 Å². The summed E-state index contributed by atoms with van der Waals surface area (Å²) in [5, 5.41) is 12.1. The van der Waals surface area contributed by atoms with Crippen molar-refractivity contribution in [3.05, 3.63) is 59.2 Å². The Hall–Kier alpha value is -2.37. The van der Waals surface area contributed by atoms with Gasteiger partial charge in [0.2, 0.25) is 5.91 Å². The van der Waals surface area contributed by atoms with Gasteiger partial charge in [0, 0.05) is 12.2 Å². The molecule has 0 radical (unpaired) electrons. The number of rotatable bonds is 5. The van der Waals surface area contributed by atoms with Crippen LogP contribution in [0.3, 0.4) is 0 Å². The van der Waals surface area contributed by atoms with Gasteiger partial charge in [-0.3, -0.25) is 4.79 Å². The highest BCUT2D eigenvalue weighted by Gasteiger charge is 2.31. The number of aliphatic hydroxyl groups excluding tert-OH is 1. The van der Waals surface area contributed by atoms with Crippen molar-refractivity contribution >= 4 is 11.6 Å². The Balaban J connectivity index is 1.93. The first-order valence-corrected chi connectivity index (χ1v) is 8.54. The third-order valence-corrected chi connectivity index (χ3v) is 4.44. The highest BCUT2D eigenvalue weighted by molar-refractivity contribution is 5.97. The molecule has 5 nitrogen and oxygen atoms in total. The molecule has 25 heavy (non-hydrogen) atoms. The van der Waals surface area contributed by atoms with Crippen LogP contribution in [0.5, 0.6) is 5.75 Å². The van der Waals surface area contributed by atoms with Gasteiger partial charge in [0.15, 0.2) is 0 Å². The molecule has 1 aliphatic rings. The van der Waals surface area contributed by atoms with Crippen LogP contribution in [0.4, 0.5) is 5.69 Å². The molecule has 1 amide bonds. The lowest BCUT2D eigenvalue weighted by Gasteiger charge is -2.37. The monoisotopic (exact) mass is 340 g/mol. The average Bonchev–Trinajstić information content (AvgIpc) is 2.61. The van der Waals surface area contributed by atoms with Gasteiger partial charge in [-0.25, -0.2) is 0 Å². The number of piperazine rings is 1. The largest absolute Gasteiger partial charge is 0.491 e. The van der Waals surface area contributed by atoms with Crippen molar-refractivity contribution in [3.63, 3.8) is 0 Å². The van der Waals surface area contributed by atoms with Gasteiger partial charge >= 0.3 is 0 Å². The zero-order valence-corrected chi connectivity index (χ0v) is 14.7. The average molecular weight is 340 g/mol. The maximum Gasteiger partial charge on any atom is 0.241 e. The van der Waals surface area contributed by atoms with Crippen molar-refractivity contribution in [1.29, 1.82) is 0 Å². The molecule has 1 heterocycles. The van der Waals surface area contributed by atoms with E-state index in [1.54, 1.807) is 0 Å². The van der Waals surface area contributed by atoms with Crippen molar-refractivity contribution in [2.75, 3.05) is 31.2 Å².